The largest absolute Gasteiger partial charge is 0.480 e. The number of carboxylic acids is 1. The Morgan fingerprint density at radius 1 is 1.29 bits per heavy atom. The van der Waals surface area contributed by atoms with E-state index in [1.54, 1.807) is 7.05 Å². The smallest absolute Gasteiger partial charge is 0.408 e. The van der Waals surface area contributed by atoms with Gasteiger partial charge in [-0.05, 0) is 32.0 Å². The Bertz CT molecular complexity index is 428. The zero-order valence-electron chi connectivity index (χ0n) is 11.9. The van der Waals surface area contributed by atoms with Gasteiger partial charge < -0.3 is 20.5 Å². The lowest BCUT2D eigenvalue weighted by molar-refractivity contribution is -0.139. The Morgan fingerprint density at radius 3 is 2.52 bits per heavy atom. The Labute approximate surface area is 130 Å². The van der Waals surface area contributed by atoms with Crippen LogP contribution in [0.2, 0.25) is 0 Å². The highest BCUT2D eigenvalue weighted by Crippen LogP contribution is 2.02. The number of amides is 1. The molecule has 0 aromatic heterocycles. The van der Waals surface area contributed by atoms with Gasteiger partial charge in [0.15, 0.2) is 0 Å². The zero-order valence-corrected chi connectivity index (χ0v) is 12.7. The number of halogens is 1. The van der Waals surface area contributed by atoms with Crippen molar-refractivity contribution in [2.24, 2.45) is 0 Å². The minimum atomic E-state index is -1.06. The van der Waals surface area contributed by atoms with Crippen LogP contribution in [0.15, 0.2) is 30.3 Å². The molecule has 0 aliphatic heterocycles. The number of nitrogens with one attached hydrogen (secondary N) is 2. The predicted octanol–water partition coefficient (Wildman–Crippen LogP) is 1.79. The van der Waals surface area contributed by atoms with E-state index in [-0.39, 0.29) is 19.0 Å². The maximum absolute atomic E-state index is 11.6. The van der Waals surface area contributed by atoms with E-state index in [1.165, 1.54) is 0 Å². The topological polar surface area (TPSA) is 87.7 Å². The van der Waals surface area contributed by atoms with Crippen LogP contribution in [0.5, 0.6) is 0 Å². The van der Waals surface area contributed by atoms with Gasteiger partial charge in [0, 0.05) is 0 Å². The second-order valence-electron chi connectivity index (χ2n) is 4.34. The van der Waals surface area contributed by atoms with E-state index >= 15 is 0 Å². The number of alkyl carbamates (subject to hydrolysis) is 1. The second kappa shape index (κ2) is 10.9. The van der Waals surface area contributed by atoms with E-state index in [0.29, 0.717) is 19.4 Å². The van der Waals surface area contributed by atoms with Gasteiger partial charge in [0.05, 0.1) is 0 Å². The van der Waals surface area contributed by atoms with Crippen molar-refractivity contribution in [1.29, 1.82) is 0 Å². The minimum Gasteiger partial charge on any atom is -0.480 e. The molecule has 118 valence electrons. The minimum absolute atomic E-state index is 0. The van der Waals surface area contributed by atoms with Gasteiger partial charge in [-0.15, -0.1) is 12.4 Å². The molecule has 0 aliphatic rings. The summed E-state index contributed by atoms with van der Waals surface area (Å²) in [5, 5.41) is 14.3. The molecule has 1 aromatic rings. The molecule has 0 saturated heterocycles. The number of benzene rings is 1. The fourth-order valence-corrected chi connectivity index (χ4v) is 1.65. The third-order valence-electron chi connectivity index (χ3n) is 2.72. The van der Waals surface area contributed by atoms with Crippen molar-refractivity contribution in [2.75, 3.05) is 13.6 Å². The monoisotopic (exact) mass is 316 g/mol. The number of carbonyl (C=O) groups excluding carboxylic acids is 1. The van der Waals surface area contributed by atoms with E-state index in [0.717, 1.165) is 5.56 Å². The van der Waals surface area contributed by atoms with Gasteiger partial charge in [-0.25, -0.2) is 9.59 Å². The molecule has 1 amide bonds. The number of carboxylic acid groups (broad SMARTS) is 1. The van der Waals surface area contributed by atoms with Crippen molar-refractivity contribution in [3.8, 4) is 0 Å². The average Bonchev–Trinajstić information content (AvgIpc) is 2.45. The molecule has 7 heteroatoms. The Kier molecular flexibility index (Phi) is 10.0. The summed E-state index contributed by atoms with van der Waals surface area (Å²) in [4.78, 5) is 22.6. The van der Waals surface area contributed by atoms with Crippen molar-refractivity contribution >= 4 is 24.5 Å². The van der Waals surface area contributed by atoms with Crippen molar-refractivity contribution in [3.63, 3.8) is 0 Å². The van der Waals surface area contributed by atoms with Crippen LogP contribution in [0.25, 0.3) is 0 Å². The standard InChI is InChI=1S/C14H20N2O4.ClH/c1-15-9-5-8-12(13(17)18)16-14(19)20-10-11-6-3-2-4-7-11;/h2-4,6-7,12,15H,5,8-10H2,1H3,(H,16,19)(H,17,18);1H. The Morgan fingerprint density at radius 2 is 1.95 bits per heavy atom. The number of hydrogen-bond acceptors (Lipinski definition) is 4. The summed E-state index contributed by atoms with van der Waals surface area (Å²) in [6.07, 6.45) is 0.300. The van der Waals surface area contributed by atoms with E-state index in [4.69, 9.17) is 9.84 Å². The molecule has 1 unspecified atom stereocenters. The molecule has 0 radical (unpaired) electrons. The van der Waals surface area contributed by atoms with Crippen LogP contribution in [0.4, 0.5) is 4.79 Å². The van der Waals surface area contributed by atoms with E-state index in [1.807, 2.05) is 30.3 Å². The fraction of sp³-hybridized carbons (Fsp3) is 0.429. The summed E-state index contributed by atoms with van der Waals surface area (Å²) in [6.45, 7) is 0.819. The molecule has 0 fully saturated rings. The normalized spacial score (nSPS) is 11.1. The molecule has 1 aromatic carbocycles. The molecule has 3 N–H and O–H groups in total. The quantitative estimate of drug-likeness (QED) is 0.636. The highest BCUT2D eigenvalue weighted by Gasteiger charge is 2.19. The number of aliphatic carboxylic acids is 1. The summed E-state index contributed by atoms with van der Waals surface area (Å²) < 4.78 is 4.99. The molecular weight excluding hydrogens is 296 g/mol. The van der Waals surface area contributed by atoms with Gasteiger partial charge in [0.1, 0.15) is 12.6 Å². The summed E-state index contributed by atoms with van der Waals surface area (Å²) >= 11 is 0. The van der Waals surface area contributed by atoms with Gasteiger partial charge in [0.2, 0.25) is 0 Å². The molecular formula is C14H21ClN2O4. The number of ether oxygens (including phenoxy) is 1. The van der Waals surface area contributed by atoms with Crippen LogP contribution in [0.3, 0.4) is 0 Å². The highest BCUT2D eigenvalue weighted by molar-refractivity contribution is 5.85. The van der Waals surface area contributed by atoms with E-state index < -0.39 is 18.1 Å². The average molecular weight is 317 g/mol. The Balaban J connectivity index is 0.00000400. The first-order valence-corrected chi connectivity index (χ1v) is 6.48. The van der Waals surface area contributed by atoms with Crippen molar-refractivity contribution < 1.29 is 19.4 Å². The molecule has 1 rings (SSSR count). The first-order valence-electron chi connectivity index (χ1n) is 6.48. The molecule has 0 aliphatic carbocycles. The molecule has 6 nitrogen and oxygen atoms in total. The zero-order chi connectivity index (χ0) is 14.8. The van der Waals surface area contributed by atoms with Crippen LogP contribution in [-0.2, 0) is 16.1 Å². The number of rotatable bonds is 8. The summed E-state index contributed by atoms with van der Waals surface area (Å²) in [6, 6.07) is 8.28. The maximum atomic E-state index is 11.6. The number of hydrogen-bond donors (Lipinski definition) is 3. The van der Waals surface area contributed by atoms with Gasteiger partial charge >= 0.3 is 12.1 Å². The highest BCUT2D eigenvalue weighted by atomic mass is 35.5. The van der Waals surface area contributed by atoms with E-state index in [9.17, 15) is 9.59 Å². The molecule has 1 atom stereocenters. The fourth-order valence-electron chi connectivity index (χ4n) is 1.65. The third kappa shape index (κ3) is 8.16. The van der Waals surface area contributed by atoms with Crippen LogP contribution in [0, 0.1) is 0 Å². The van der Waals surface area contributed by atoms with Gasteiger partial charge in [-0.2, -0.15) is 0 Å². The maximum Gasteiger partial charge on any atom is 0.408 e. The van der Waals surface area contributed by atoms with Crippen LogP contribution < -0.4 is 10.6 Å². The molecule has 21 heavy (non-hydrogen) atoms. The van der Waals surface area contributed by atoms with Crippen LogP contribution in [-0.4, -0.2) is 36.8 Å². The predicted molar refractivity (Wildman–Crippen MR) is 81.6 cm³/mol. The third-order valence-corrected chi connectivity index (χ3v) is 2.72. The molecule has 0 spiro atoms. The first-order chi connectivity index (χ1) is 9.63. The van der Waals surface area contributed by atoms with Crippen molar-refractivity contribution in [3.05, 3.63) is 35.9 Å². The van der Waals surface area contributed by atoms with Crippen molar-refractivity contribution in [2.45, 2.75) is 25.5 Å². The Hall–Kier alpha value is -1.79. The number of carbonyl (C=O) groups is 2. The van der Waals surface area contributed by atoms with Gasteiger partial charge in [0.25, 0.3) is 0 Å². The second-order valence-corrected chi connectivity index (χ2v) is 4.34. The summed E-state index contributed by atoms with van der Waals surface area (Å²) in [7, 11) is 1.79. The van der Waals surface area contributed by atoms with E-state index in [2.05, 4.69) is 10.6 Å². The van der Waals surface area contributed by atoms with Crippen LogP contribution in [0.1, 0.15) is 18.4 Å². The summed E-state index contributed by atoms with van der Waals surface area (Å²) in [5.74, 6) is -1.06. The molecule has 0 saturated carbocycles. The first kappa shape index (κ1) is 19.2. The van der Waals surface area contributed by atoms with Gasteiger partial charge in [-0.3, -0.25) is 0 Å². The van der Waals surface area contributed by atoms with Crippen molar-refractivity contribution in [1.82, 2.24) is 10.6 Å². The lowest BCUT2D eigenvalue weighted by Gasteiger charge is -2.14. The summed E-state index contributed by atoms with van der Waals surface area (Å²) in [5.41, 5.74) is 0.852. The SMILES string of the molecule is CNCCCC(NC(=O)OCc1ccccc1)C(=O)O.Cl. The lowest BCUT2D eigenvalue weighted by Crippen LogP contribution is -2.41. The van der Waals surface area contributed by atoms with Gasteiger partial charge in [-0.1, -0.05) is 30.3 Å². The molecule has 0 heterocycles. The lowest BCUT2D eigenvalue weighted by atomic mass is 10.1. The molecule has 0 bridgehead atoms. The van der Waals surface area contributed by atoms with Crippen LogP contribution >= 0.6 is 12.4 Å².